The number of hydrogen-bond donors (Lipinski definition) is 2. The van der Waals surface area contributed by atoms with Crippen LogP contribution in [0.2, 0.25) is 0 Å². The average Bonchev–Trinajstić information content (AvgIpc) is 2.64. The Morgan fingerprint density at radius 1 is 1.40 bits per heavy atom. The Morgan fingerprint density at radius 2 is 2.20 bits per heavy atom. The predicted molar refractivity (Wildman–Crippen MR) is 56.8 cm³/mol. The smallest absolute Gasteiger partial charge is 0.144 e. The van der Waals surface area contributed by atoms with Gasteiger partial charge in [-0.2, -0.15) is 5.10 Å². The zero-order valence-electron chi connectivity index (χ0n) is 8.60. The maximum atomic E-state index is 5.31. The summed E-state index contributed by atoms with van der Waals surface area (Å²) >= 11 is 0. The Labute approximate surface area is 87.1 Å². The minimum atomic E-state index is 0.598. The van der Waals surface area contributed by atoms with Crippen LogP contribution in [0.25, 0.3) is 11.3 Å². The van der Waals surface area contributed by atoms with Crippen molar-refractivity contribution in [2.24, 2.45) is 12.9 Å². The zero-order chi connectivity index (χ0) is 10.8. The maximum absolute atomic E-state index is 5.31. The van der Waals surface area contributed by atoms with Crippen molar-refractivity contribution >= 4 is 5.82 Å². The fourth-order valence-electron chi connectivity index (χ4n) is 1.34. The van der Waals surface area contributed by atoms with Crippen LogP contribution in [0, 0.1) is 6.92 Å². The quantitative estimate of drug-likeness (QED) is 0.549. The molecule has 0 fully saturated rings. The third-order valence-corrected chi connectivity index (χ3v) is 1.99. The van der Waals surface area contributed by atoms with E-state index in [1.54, 1.807) is 16.9 Å². The van der Waals surface area contributed by atoms with Crippen LogP contribution >= 0.6 is 0 Å². The van der Waals surface area contributed by atoms with Crippen LogP contribution in [-0.2, 0) is 7.05 Å². The van der Waals surface area contributed by atoms with Crippen LogP contribution in [0.15, 0.2) is 18.5 Å². The molecule has 6 nitrogen and oxygen atoms in total. The lowest BCUT2D eigenvalue weighted by molar-refractivity contribution is 0.768. The van der Waals surface area contributed by atoms with E-state index in [0.29, 0.717) is 11.6 Å². The topological polar surface area (TPSA) is 81.6 Å². The number of nitrogens with zero attached hydrogens (tertiary/aromatic N) is 4. The Morgan fingerprint density at radius 3 is 2.80 bits per heavy atom. The summed E-state index contributed by atoms with van der Waals surface area (Å²) in [5.74, 6) is 6.58. The summed E-state index contributed by atoms with van der Waals surface area (Å²) in [7, 11) is 1.86. The largest absolute Gasteiger partial charge is 0.308 e. The van der Waals surface area contributed by atoms with Gasteiger partial charge in [0.15, 0.2) is 0 Å². The highest BCUT2D eigenvalue weighted by atomic mass is 15.3. The highest BCUT2D eigenvalue weighted by Gasteiger charge is 2.05. The normalized spacial score (nSPS) is 10.3. The van der Waals surface area contributed by atoms with Crippen molar-refractivity contribution in [1.29, 1.82) is 0 Å². The van der Waals surface area contributed by atoms with Gasteiger partial charge in [-0.3, -0.25) is 4.68 Å². The molecule has 2 rings (SSSR count). The van der Waals surface area contributed by atoms with Crippen molar-refractivity contribution < 1.29 is 0 Å². The summed E-state index contributed by atoms with van der Waals surface area (Å²) in [6.07, 6.45) is 3.64. The van der Waals surface area contributed by atoms with Gasteiger partial charge in [-0.25, -0.2) is 15.8 Å². The van der Waals surface area contributed by atoms with Gasteiger partial charge in [0, 0.05) is 24.9 Å². The molecule has 0 aliphatic rings. The van der Waals surface area contributed by atoms with Gasteiger partial charge in [-0.1, -0.05) is 0 Å². The fourth-order valence-corrected chi connectivity index (χ4v) is 1.34. The van der Waals surface area contributed by atoms with E-state index >= 15 is 0 Å². The molecule has 15 heavy (non-hydrogen) atoms. The van der Waals surface area contributed by atoms with Crippen LogP contribution in [0.1, 0.15) is 5.82 Å². The average molecular weight is 204 g/mol. The monoisotopic (exact) mass is 204 g/mol. The molecule has 2 heterocycles. The Balaban J connectivity index is 2.48. The van der Waals surface area contributed by atoms with E-state index < -0.39 is 0 Å². The molecule has 0 aliphatic carbocycles. The molecule has 0 saturated carbocycles. The second-order valence-electron chi connectivity index (χ2n) is 3.23. The number of aryl methyl sites for hydroxylation is 2. The standard InChI is InChI=1S/C9H12N6/c1-6-12-8(3-9(13-6)14-10)7-4-11-15(2)5-7/h3-5H,10H2,1-2H3,(H,12,13,14). The molecule has 0 unspecified atom stereocenters. The number of nitrogen functional groups attached to an aromatic ring is 1. The first kappa shape index (κ1) is 9.60. The number of hydrogen-bond acceptors (Lipinski definition) is 5. The molecule has 0 bridgehead atoms. The lowest BCUT2D eigenvalue weighted by Crippen LogP contribution is -2.09. The minimum absolute atomic E-state index is 0.598. The first-order valence-electron chi connectivity index (χ1n) is 4.50. The number of aromatic nitrogens is 4. The van der Waals surface area contributed by atoms with Crippen molar-refractivity contribution in [1.82, 2.24) is 19.7 Å². The molecule has 0 radical (unpaired) electrons. The summed E-state index contributed by atoms with van der Waals surface area (Å²) < 4.78 is 1.72. The zero-order valence-corrected chi connectivity index (χ0v) is 8.60. The van der Waals surface area contributed by atoms with Gasteiger partial charge in [0.25, 0.3) is 0 Å². The molecule has 0 amide bonds. The minimum Gasteiger partial charge on any atom is -0.308 e. The summed E-state index contributed by atoms with van der Waals surface area (Å²) in [5, 5.41) is 4.08. The lowest BCUT2D eigenvalue weighted by atomic mass is 10.2. The molecule has 78 valence electrons. The first-order valence-corrected chi connectivity index (χ1v) is 4.50. The van der Waals surface area contributed by atoms with Crippen molar-refractivity contribution in [3.63, 3.8) is 0 Å². The van der Waals surface area contributed by atoms with Gasteiger partial charge in [0.1, 0.15) is 11.6 Å². The summed E-state index contributed by atoms with van der Waals surface area (Å²) in [5.41, 5.74) is 4.26. The molecular weight excluding hydrogens is 192 g/mol. The Kier molecular flexibility index (Phi) is 2.34. The first-order chi connectivity index (χ1) is 7.19. The molecule has 0 atom stereocenters. The number of nitrogens with one attached hydrogen (secondary N) is 1. The molecule has 0 spiro atoms. The third-order valence-electron chi connectivity index (χ3n) is 1.99. The number of rotatable bonds is 2. The van der Waals surface area contributed by atoms with Gasteiger partial charge in [-0.05, 0) is 6.92 Å². The van der Waals surface area contributed by atoms with Crippen molar-refractivity contribution in [2.75, 3.05) is 5.43 Å². The van der Waals surface area contributed by atoms with Gasteiger partial charge in [-0.15, -0.1) is 0 Å². The van der Waals surface area contributed by atoms with E-state index in [1.165, 1.54) is 0 Å². The third kappa shape index (κ3) is 1.94. The highest BCUT2D eigenvalue weighted by molar-refractivity contribution is 5.60. The van der Waals surface area contributed by atoms with E-state index in [1.807, 2.05) is 20.2 Å². The summed E-state index contributed by atoms with van der Waals surface area (Å²) in [4.78, 5) is 8.42. The Hall–Kier alpha value is -1.95. The van der Waals surface area contributed by atoms with Crippen LogP contribution in [0.5, 0.6) is 0 Å². The molecule has 6 heteroatoms. The number of hydrazine groups is 1. The lowest BCUT2D eigenvalue weighted by Gasteiger charge is -2.03. The summed E-state index contributed by atoms with van der Waals surface area (Å²) in [6.45, 7) is 1.82. The molecule has 2 aromatic rings. The maximum Gasteiger partial charge on any atom is 0.144 e. The Bertz CT molecular complexity index is 475. The summed E-state index contributed by atoms with van der Waals surface area (Å²) in [6, 6.07) is 1.78. The number of anilines is 1. The van der Waals surface area contributed by atoms with E-state index in [0.717, 1.165) is 11.3 Å². The van der Waals surface area contributed by atoms with Crippen molar-refractivity contribution in [3.8, 4) is 11.3 Å². The second kappa shape index (κ2) is 3.66. The van der Waals surface area contributed by atoms with E-state index in [2.05, 4.69) is 20.5 Å². The van der Waals surface area contributed by atoms with Crippen LogP contribution in [0.4, 0.5) is 5.82 Å². The van der Waals surface area contributed by atoms with Crippen LogP contribution in [0.3, 0.4) is 0 Å². The van der Waals surface area contributed by atoms with Crippen molar-refractivity contribution in [2.45, 2.75) is 6.92 Å². The molecule has 0 saturated heterocycles. The molecular formula is C9H12N6. The molecule has 2 aromatic heterocycles. The van der Waals surface area contributed by atoms with Gasteiger partial charge in [0.2, 0.25) is 0 Å². The SMILES string of the molecule is Cc1nc(NN)cc(-c2cnn(C)c2)n1. The fraction of sp³-hybridized carbons (Fsp3) is 0.222. The van der Waals surface area contributed by atoms with Crippen LogP contribution in [-0.4, -0.2) is 19.7 Å². The van der Waals surface area contributed by atoms with Gasteiger partial charge >= 0.3 is 0 Å². The second-order valence-corrected chi connectivity index (χ2v) is 3.23. The van der Waals surface area contributed by atoms with Gasteiger partial charge < -0.3 is 5.43 Å². The predicted octanol–water partition coefficient (Wildman–Crippen LogP) is 0.471. The van der Waals surface area contributed by atoms with E-state index in [4.69, 9.17) is 5.84 Å². The van der Waals surface area contributed by atoms with Crippen molar-refractivity contribution in [3.05, 3.63) is 24.3 Å². The van der Waals surface area contributed by atoms with E-state index in [-0.39, 0.29) is 0 Å². The molecule has 3 N–H and O–H groups in total. The number of nitrogens with two attached hydrogens (primary N) is 1. The molecule has 0 aromatic carbocycles. The van der Waals surface area contributed by atoms with Crippen LogP contribution < -0.4 is 11.3 Å². The van der Waals surface area contributed by atoms with E-state index in [9.17, 15) is 0 Å². The van der Waals surface area contributed by atoms with Gasteiger partial charge in [0.05, 0.1) is 11.9 Å². The molecule has 0 aliphatic heterocycles. The highest BCUT2D eigenvalue weighted by Crippen LogP contribution is 2.18.